The lowest BCUT2D eigenvalue weighted by molar-refractivity contribution is 0.615. The van der Waals surface area contributed by atoms with Crippen molar-refractivity contribution >= 4 is 72.1 Å². The molecule has 0 amide bonds. The van der Waals surface area contributed by atoms with Crippen molar-refractivity contribution in [2.45, 2.75) is 43.3 Å². The number of hydrogen-bond acceptors (Lipinski definition) is 4. The van der Waals surface area contributed by atoms with Crippen LogP contribution in [-0.2, 0) is 6.42 Å². The quantitative estimate of drug-likeness (QED) is 0.168. The maximum Gasteiger partial charge on any atom is 0.137 e. The summed E-state index contributed by atoms with van der Waals surface area (Å²) in [5.74, 6) is 0.738. The minimum atomic E-state index is 0.152. The van der Waals surface area contributed by atoms with E-state index in [4.69, 9.17) is 4.42 Å². The van der Waals surface area contributed by atoms with Crippen molar-refractivity contribution in [2.24, 2.45) is 5.92 Å². The van der Waals surface area contributed by atoms with Crippen LogP contribution in [0.15, 0.2) is 192 Å². The fourth-order valence-electron chi connectivity index (χ4n) is 10.2. The molecule has 5 aromatic carbocycles. The third-order valence-corrected chi connectivity index (χ3v) is 14.2. The van der Waals surface area contributed by atoms with Gasteiger partial charge in [-0.2, -0.15) is 0 Å². The van der Waals surface area contributed by atoms with Crippen molar-refractivity contribution in [1.29, 1.82) is 0 Å². The van der Waals surface area contributed by atoms with Gasteiger partial charge in [-0.25, -0.2) is 0 Å². The van der Waals surface area contributed by atoms with Crippen molar-refractivity contribution in [2.75, 3.05) is 9.80 Å². The Labute approximate surface area is 343 Å². The molecule has 0 radical (unpaired) electrons. The van der Waals surface area contributed by atoms with Gasteiger partial charge in [0.1, 0.15) is 11.2 Å². The number of fused-ring (bicyclic) bond motifs is 9. The van der Waals surface area contributed by atoms with Gasteiger partial charge in [0.05, 0.1) is 18.1 Å². The molecule has 3 heterocycles. The fraction of sp³-hybridized carbons (Fsp3) is 0.148. The Morgan fingerprint density at radius 3 is 2.38 bits per heavy atom. The van der Waals surface area contributed by atoms with Crippen LogP contribution >= 0.6 is 11.3 Å². The molecule has 58 heavy (non-hydrogen) atoms. The molecule has 2 aromatic heterocycles. The molecule has 4 heteroatoms. The summed E-state index contributed by atoms with van der Waals surface area (Å²) in [5, 5.41) is 3.72. The number of furan rings is 1. The summed E-state index contributed by atoms with van der Waals surface area (Å²) in [4.78, 5) is 6.56. The van der Waals surface area contributed by atoms with E-state index in [0.29, 0.717) is 17.9 Å². The summed E-state index contributed by atoms with van der Waals surface area (Å²) in [5.41, 5.74) is 12.4. The summed E-state index contributed by atoms with van der Waals surface area (Å²) in [6.07, 6.45) is 31.4. The average Bonchev–Trinajstić information content (AvgIpc) is 3.96. The molecule has 4 aliphatic carbocycles. The van der Waals surface area contributed by atoms with E-state index in [-0.39, 0.29) is 12.1 Å². The first kappa shape index (κ1) is 33.7. The van der Waals surface area contributed by atoms with Gasteiger partial charge in [-0.15, -0.1) is 11.3 Å². The summed E-state index contributed by atoms with van der Waals surface area (Å²) in [6, 6.07) is 43.0. The molecule has 5 unspecified atom stereocenters. The zero-order valence-corrected chi connectivity index (χ0v) is 32.9. The first-order valence-electron chi connectivity index (χ1n) is 20.7. The Bertz CT molecular complexity index is 2980. The Balaban J connectivity index is 0.869. The summed E-state index contributed by atoms with van der Waals surface area (Å²) in [6.45, 7) is 0. The van der Waals surface area contributed by atoms with Crippen molar-refractivity contribution in [3.05, 3.63) is 209 Å². The summed E-state index contributed by atoms with van der Waals surface area (Å²) < 4.78 is 7.82. The molecule has 1 aliphatic heterocycles. The topological polar surface area (TPSA) is 19.6 Å². The molecule has 0 spiro atoms. The van der Waals surface area contributed by atoms with Gasteiger partial charge < -0.3 is 14.2 Å². The Hall–Kier alpha value is -6.36. The Kier molecular flexibility index (Phi) is 7.94. The van der Waals surface area contributed by atoms with Crippen LogP contribution in [0.25, 0.3) is 43.7 Å². The van der Waals surface area contributed by atoms with Crippen LogP contribution in [0.5, 0.6) is 0 Å². The number of allylic oxidation sites excluding steroid dienone is 7. The standard InChI is InChI=1S/C54H42N2OS/c1-2-10-39(11-3-1)56-49-15-7-4-12-43(49)44-29-22-38(33-50(44)56)36-20-26-41(27-21-36)55(42-28-30-46-45-13-5-8-16-51(45)57-52(46)34-42)40-24-18-35(19-25-40)37-23-31-54-48(32-37)47-14-6-9-17-53(47)58-54/h1-10,12-24,26-31,33-34,37,39-40,44,50H,11,25,32H2. The van der Waals surface area contributed by atoms with E-state index in [0.717, 1.165) is 46.9 Å². The van der Waals surface area contributed by atoms with E-state index in [1.807, 2.05) is 17.4 Å². The molecule has 7 aromatic rings. The fourth-order valence-corrected chi connectivity index (χ4v) is 11.4. The third-order valence-electron chi connectivity index (χ3n) is 13.0. The number of thiophene rings is 1. The lowest BCUT2D eigenvalue weighted by Gasteiger charge is -2.36. The Morgan fingerprint density at radius 2 is 1.50 bits per heavy atom. The molecule has 280 valence electrons. The largest absolute Gasteiger partial charge is 0.456 e. The van der Waals surface area contributed by atoms with E-state index < -0.39 is 0 Å². The van der Waals surface area contributed by atoms with Crippen LogP contribution in [0.3, 0.4) is 0 Å². The number of nitrogens with zero attached hydrogens (tertiary/aromatic N) is 2. The molecule has 0 saturated heterocycles. The summed E-state index contributed by atoms with van der Waals surface area (Å²) >= 11 is 1.91. The summed E-state index contributed by atoms with van der Waals surface area (Å²) in [7, 11) is 0. The molecule has 0 saturated carbocycles. The van der Waals surface area contributed by atoms with Gasteiger partial charge in [-0.3, -0.25) is 0 Å². The second kappa shape index (κ2) is 13.6. The molecule has 3 nitrogen and oxygen atoms in total. The van der Waals surface area contributed by atoms with E-state index in [1.165, 1.54) is 54.2 Å². The number of hydrogen-bond donors (Lipinski definition) is 0. The predicted octanol–water partition coefficient (Wildman–Crippen LogP) is 13.9. The highest BCUT2D eigenvalue weighted by atomic mass is 32.1. The maximum absolute atomic E-state index is 6.43. The highest BCUT2D eigenvalue weighted by Crippen LogP contribution is 2.48. The van der Waals surface area contributed by atoms with Crippen molar-refractivity contribution in [3.8, 4) is 0 Å². The molecule has 5 atom stereocenters. The van der Waals surface area contributed by atoms with Gasteiger partial charge in [0.25, 0.3) is 0 Å². The highest BCUT2D eigenvalue weighted by Gasteiger charge is 2.40. The monoisotopic (exact) mass is 766 g/mol. The molecular formula is C54H42N2OS. The lowest BCUT2D eigenvalue weighted by Crippen LogP contribution is -2.41. The zero-order chi connectivity index (χ0) is 38.2. The van der Waals surface area contributed by atoms with Crippen LogP contribution < -0.4 is 9.80 Å². The van der Waals surface area contributed by atoms with Gasteiger partial charge in [-0.05, 0) is 101 Å². The van der Waals surface area contributed by atoms with E-state index in [2.05, 4.69) is 192 Å². The number of anilines is 3. The molecule has 12 rings (SSSR count). The molecule has 0 bridgehead atoms. The second-order valence-electron chi connectivity index (χ2n) is 16.3. The van der Waals surface area contributed by atoms with Gasteiger partial charge in [0.2, 0.25) is 0 Å². The number of para-hydroxylation sites is 2. The van der Waals surface area contributed by atoms with Crippen LogP contribution in [0.2, 0.25) is 0 Å². The van der Waals surface area contributed by atoms with Gasteiger partial charge in [-0.1, -0.05) is 134 Å². The van der Waals surface area contributed by atoms with Crippen LogP contribution in [0.4, 0.5) is 17.1 Å². The molecule has 0 fully saturated rings. The minimum Gasteiger partial charge on any atom is -0.456 e. The first-order chi connectivity index (χ1) is 28.7. The number of benzene rings is 5. The van der Waals surface area contributed by atoms with Crippen LogP contribution in [0, 0.1) is 5.92 Å². The van der Waals surface area contributed by atoms with E-state index in [1.54, 1.807) is 0 Å². The Morgan fingerprint density at radius 1 is 0.672 bits per heavy atom. The molecule has 5 aliphatic rings. The maximum atomic E-state index is 6.43. The molecule has 0 N–H and O–H groups in total. The van der Waals surface area contributed by atoms with E-state index >= 15 is 0 Å². The normalized spacial score (nSPS) is 23.0. The third kappa shape index (κ3) is 5.54. The number of rotatable bonds is 6. The van der Waals surface area contributed by atoms with Crippen molar-refractivity contribution < 1.29 is 4.42 Å². The lowest BCUT2D eigenvalue weighted by atomic mass is 9.84. The first-order valence-corrected chi connectivity index (χ1v) is 21.5. The van der Waals surface area contributed by atoms with Crippen molar-refractivity contribution in [3.63, 3.8) is 0 Å². The highest BCUT2D eigenvalue weighted by molar-refractivity contribution is 7.20. The van der Waals surface area contributed by atoms with Gasteiger partial charge in [0, 0.05) is 55.3 Å². The minimum absolute atomic E-state index is 0.152. The van der Waals surface area contributed by atoms with Crippen LogP contribution in [-0.4, -0.2) is 18.1 Å². The zero-order valence-electron chi connectivity index (χ0n) is 32.1. The smallest absolute Gasteiger partial charge is 0.137 e. The van der Waals surface area contributed by atoms with E-state index in [9.17, 15) is 0 Å². The predicted molar refractivity (Wildman–Crippen MR) is 245 cm³/mol. The average molecular weight is 767 g/mol. The molecular weight excluding hydrogens is 725 g/mol. The van der Waals surface area contributed by atoms with Crippen LogP contribution in [0.1, 0.15) is 40.3 Å². The van der Waals surface area contributed by atoms with Gasteiger partial charge in [0.15, 0.2) is 0 Å². The second-order valence-corrected chi connectivity index (χ2v) is 17.3. The van der Waals surface area contributed by atoms with Gasteiger partial charge >= 0.3 is 0 Å². The van der Waals surface area contributed by atoms with Crippen molar-refractivity contribution in [1.82, 2.24) is 0 Å². The SMILES string of the molecule is C1=CCC(N2c3ccccc3C3C=CC(c4ccc(N(c5ccc6c(c5)oc5ccccc56)C5C=CC(C6C=Cc7sc8ccccc8c7C6)=CC5)cc4)=CC32)C=C1.